The summed E-state index contributed by atoms with van der Waals surface area (Å²) in [5.41, 5.74) is 0.714. The Hall–Kier alpha value is -1.10. The minimum absolute atomic E-state index is 0.400. The molecule has 0 atom stereocenters. The summed E-state index contributed by atoms with van der Waals surface area (Å²) < 4.78 is 0. The van der Waals surface area contributed by atoms with E-state index in [2.05, 4.69) is 16.8 Å². The predicted octanol–water partition coefficient (Wildman–Crippen LogP) is 2.39. The van der Waals surface area contributed by atoms with E-state index >= 15 is 0 Å². The van der Waals surface area contributed by atoms with Crippen LogP contribution in [0.2, 0.25) is 0 Å². The second kappa shape index (κ2) is 4.41. The minimum Gasteiger partial charge on any atom is -0.477 e. The van der Waals surface area contributed by atoms with Crippen LogP contribution in [-0.2, 0) is 6.42 Å². The monoisotopic (exact) mass is 240 g/mol. The molecule has 0 radical (unpaired) electrons. The second-order valence-corrected chi connectivity index (χ2v) is 4.93. The van der Waals surface area contributed by atoms with E-state index in [1.165, 1.54) is 24.2 Å². The van der Waals surface area contributed by atoms with E-state index in [0.29, 0.717) is 23.0 Å². The molecule has 1 aliphatic rings. The molecule has 1 heterocycles. The Morgan fingerprint density at radius 3 is 2.62 bits per heavy atom. The van der Waals surface area contributed by atoms with Gasteiger partial charge >= 0.3 is 5.97 Å². The highest BCUT2D eigenvalue weighted by Gasteiger charge is 2.31. The number of carboxylic acids is 1. The highest BCUT2D eigenvalue weighted by molar-refractivity contribution is 7.17. The number of carbonyl (C=O) groups is 1. The number of aromatic nitrogens is 1. The van der Waals surface area contributed by atoms with Crippen LogP contribution in [0.3, 0.4) is 0 Å². The fraction of sp³-hybridized carbons (Fsp3) is 0.636. The maximum Gasteiger partial charge on any atom is 0.347 e. The van der Waals surface area contributed by atoms with Gasteiger partial charge in [0.15, 0.2) is 5.13 Å². The van der Waals surface area contributed by atoms with E-state index < -0.39 is 5.97 Å². The Morgan fingerprint density at radius 1 is 1.56 bits per heavy atom. The summed E-state index contributed by atoms with van der Waals surface area (Å²) in [6.07, 6.45) is 3.09. The Morgan fingerprint density at radius 2 is 2.25 bits per heavy atom. The molecule has 0 saturated heterocycles. The molecule has 0 aliphatic heterocycles. The zero-order chi connectivity index (χ0) is 11.7. The van der Waals surface area contributed by atoms with Gasteiger partial charge in [0, 0.05) is 12.6 Å². The summed E-state index contributed by atoms with van der Waals surface area (Å²) in [5, 5.41) is 9.95. The van der Waals surface area contributed by atoms with Gasteiger partial charge in [0.25, 0.3) is 0 Å². The standard InChI is InChI=1S/C11H16N2O2S/c1-3-8-9(10(14)15)16-11(12-8)13(4-2)7-5-6-7/h7H,3-6H2,1-2H3,(H,14,15). The molecule has 1 aromatic rings. The van der Waals surface area contributed by atoms with Crippen molar-refractivity contribution in [3.63, 3.8) is 0 Å². The number of thiazole rings is 1. The van der Waals surface area contributed by atoms with Crippen molar-refractivity contribution < 1.29 is 9.90 Å². The summed E-state index contributed by atoms with van der Waals surface area (Å²) in [7, 11) is 0. The molecule has 1 aromatic heterocycles. The van der Waals surface area contributed by atoms with Crippen LogP contribution >= 0.6 is 11.3 Å². The first kappa shape index (κ1) is 11.4. The SMILES string of the molecule is CCc1nc(N(CC)C2CC2)sc1C(=O)O. The molecule has 0 bridgehead atoms. The molecule has 1 aliphatic carbocycles. The third kappa shape index (κ3) is 2.04. The van der Waals surface area contributed by atoms with Gasteiger partial charge < -0.3 is 10.0 Å². The Balaban J connectivity index is 2.30. The number of anilines is 1. The van der Waals surface area contributed by atoms with Crippen molar-refractivity contribution in [2.75, 3.05) is 11.4 Å². The molecule has 2 rings (SSSR count). The van der Waals surface area contributed by atoms with Gasteiger partial charge in [0.05, 0.1) is 5.69 Å². The van der Waals surface area contributed by atoms with Gasteiger partial charge in [0.1, 0.15) is 4.88 Å². The lowest BCUT2D eigenvalue weighted by Crippen LogP contribution is -2.24. The fourth-order valence-electron chi connectivity index (χ4n) is 1.80. The number of hydrogen-bond donors (Lipinski definition) is 1. The molecule has 0 amide bonds. The number of nitrogens with zero attached hydrogens (tertiary/aromatic N) is 2. The molecule has 16 heavy (non-hydrogen) atoms. The number of hydrogen-bond acceptors (Lipinski definition) is 4. The van der Waals surface area contributed by atoms with Gasteiger partial charge in [-0.2, -0.15) is 0 Å². The van der Waals surface area contributed by atoms with Crippen LogP contribution in [0.5, 0.6) is 0 Å². The van der Waals surface area contributed by atoms with Gasteiger partial charge in [-0.3, -0.25) is 0 Å². The lowest BCUT2D eigenvalue weighted by atomic mass is 10.3. The summed E-state index contributed by atoms with van der Waals surface area (Å²) in [5.74, 6) is -0.854. The molecule has 5 heteroatoms. The molecular weight excluding hydrogens is 224 g/mol. The zero-order valence-electron chi connectivity index (χ0n) is 9.56. The smallest absolute Gasteiger partial charge is 0.347 e. The van der Waals surface area contributed by atoms with Crippen LogP contribution in [0.4, 0.5) is 5.13 Å². The maximum atomic E-state index is 11.0. The predicted molar refractivity (Wildman–Crippen MR) is 64.5 cm³/mol. The van der Waals surface area contributed by atoms with Gasteiger partial charge in [-0.25, -0.2) is 9.78 Å². The highest BCUT2D eigenvalue weighted by atomic mass is 32.1. The van der Waals surface area contributed by atoms with Crippen molar-refractivity contribution in [3.8, 4) is 0 Å². The molecule has 88 valence electrons. The molecule has 1 N–H and O–H groups in total. The Bertz CT molecular complexity index is 399. The van der Waals surface area contributed by atoms with E-state index in [0.717, 1.165) is 11.7 Å². The van der Waals surface area contributed by atoms with E-state index in [1.807, 2.05) is 6.92 Å². The van der Waals surface area contributed by atoms with Crippen molar-refractivity contribution in [3.05, 3.63) is 10.6 Å². The fourth-order valence-corrected chi connectivity index (χ4v) is 2.93. The number of aryl methyl sites for hydroxylation is 1. The van der Waals surface area contributed by atoms with Crippen LogP contribution in [0.1, 0.15) is 42.1 Å². The van der Waals surface area contributed by atoms with E-state index in [-0.39, 0.29) is 0 Å². The number of carboxylic acid groups (broad SMARTS) is 1. The van der Waals surface area contributed by atoms with E-state index in [9.17, 15) is 4.79 Å². The summed E-state index contributed by atoms with van der Waals surface area (Å²) >= 11 is 1.31. The molecular formula is C11H16N2O2S. The molecule has 0 spiro atoms. The molecule has 4 nitrogen and oxygen atoms in total. The first-order chi connectivity index (χ1) is 7.67. The van der Waals surface area contributed by atoms with Crippen LogP contribution in [0.15, 0.2) is 0 Å². The largest absolute Gasteiger partial charge is 0.477 e. The zero-order valence-corrected chi connectivity index (χ0v) is 10.4. The third-order valence-corrected chi connectivity index (χ3v) is 3.91. The van der Waals surface area contributed by atoms with Gasteiger partial charge in [0.2, 0.25) is 0 Å². The Kier molecular flexibility index (Phi) is 3.14. The van der Waals surface area contributed by atoms with Crippen molar-refractivity contribution >= 4 is 22.4 Å². The van der Waals surface area contributed by atoms with Crippen molar-refractivity contribution in [2.24, 2.45) is 0 Å². The molecule has 0 unspecified atom stereocenters. The minimum atomic E-state index is -0.854. The summed E-state index contributed by atoms with van der Waals surface area (Å²) in [6, 6.07) is 0.586. The number of rotatable bonds is 5. The number of aromatic carboxylic acids is 1. The first-order valence-electron chi connectivity index (χ1n) is 5.67. The van der Waals surface area contributed by atoms with Crippen molar-refractivity contribution in [2.45, 2.75) is 39.2 Å². The lowest BCUT2D eigenvalue weighted by molar-refractivity contribution is 0.0701. The van der Waals surface area contributed by atoms with Gasteiger partial charge in [-0.05, 0) is 26.2 Å². The van der Waals surface area contributed by atoms with E-state index in [1.54, 1.807) is 0 Å². The van der Waals surface area contributed by atoms with Crippen LogP contribution in [-0.4, -0.2) is 28.6 Å². The highest BCUT2D eigenvalue weighted by Crippen LogP contribution is 2.35. The van der Waals surface area contributed by atoms with Crippen molar-refractivity contribution in [1.29, 1.82) is 0 Å². The van der Waals surface area contributed by atoms with Crippen molar-refractivity contribution in [1.82, 2.24) is 4.98 Å². The normalized spacial score (nSPS) is 15.1. The molecule has 1 saturated carbocycles. The van der Waals surface area contributed by atoms with Gasteiger partial charge in [-0.15, -0.1) is 0 Å². The average Bonchev–Trinajstić information content (AvgIpc) is 2.98. The van der Waals surface area contributed by atoms with Crippen LogP contribution in [0.25, 0.3) is 0 Å². The van der Waals surface area contributed by atoms with Gasteiger partial charge in [-0.1, -0.05) is 18.3 Å². The van der Waals surface area contributed by atoms with Crippen LogP contribution in [0, 0.1) is 0 Å². The van der Waals surface area contributed by atoms with E-state index in [4.69, 9.17) is 5.11 Å². The molecule has 1 fully saturated rings. The first-order valence-corrected chi connectivity index (χ1v) is 6.48. The second-order valence-electron chi connectivity index (χ2n) is 3.95. The van der Waals surface area contributed by atoms with Crippen LogP contribution < -0.4 is 4.90 Å². The topological polar surface area (TPSA) is 53.4 Å². The Labute approximate surface area is 98.9 Å². The summed E-state index contributed by atoms with van der Waals surface area (Å²) in [4.78, 5) is 18.1. The average molecular weight is 240 g/mol. The molecule has 0 aromatic carbocycles. The third-order valence-electron chi connectivity index (χ3n) is 2.79. The maximum absolute atomic E-state index is 11.0. The summed E-state index contributed by atoms with van der Waals surface area (Å²) in [6.45, 7) is 4.94. The lowest BCUT2D eigenvalue weighted by Gasteiger charge is -2.18. The quantitative estimate of drug-likeness (QED) is 0.858.